The van der Waals surface area contributed by atoms with Gasteiger partial charge in [-0.05, 0) is 34.8 Å². The van der Waals surface area contributed by atoms with Gasteiger partial charge < -0.3 is 0 Å². The summed E-state index contributed by atoms with van der Waals surface area (Å²) in [5.41, 5.74) is 0.541. The molecule has 1 rings (SSSR count). The summed E-state index contributed by atoms with van der Waals surface area (Å²) in [6, 6.07) is 8.74. The Balaban J connectivity index is 0.000000288. The second-order valence-corrected chi connectivity index (χ2v) is 3.22. The highest BCUT2D eigenvalue weighted by molar-refractivity contribution is 6.97. The minimum Gasteiger partial charge on any atom is -0.276 e. The van der Waals surface area contributed by atoms with Gasteiger partial charge in [0.25, 0.3) is 5.24 Å². The van der Waals surface area contributed by atoms with E-state index in [1.165, 1.54) is 0 Å². The Morgan fingerprint density at radius 2 is 1.20 bits per heavy atom. The Hall–Kier alpha value is -0.900. The van der Waals surface area contributed by atoms with Crippen molar-refractivity contribution in [3.8, 4) is 0 Å². The minimum atomic E-state index is -1.14. The lowest BCUT2D eigenvalue weighted by Gasteiger charge is -1.87. The molecule has 0 spiro atoms. The fraction of sp³-hybridized carbons (Fsp3) is 0. The van der Waals surface area contributed by atoms with E-state index < -0.39 is 15.7 Å². The second-order valence-electron chi connectivity index (χ2n) is 2.19. The van der Waals surface area contributed by atoms with E-state index in [-0.39, 0.29) is 0 Å². The van der Waals surface area contributed by atoms with Crippen molar-refractivity contribution in [3.05, 3.63) is 35.9 Å². The Labute approximate surface area is 101 Å². The van der Waals surface area contributed by atoms with Gasteiger partial charge in [0, 0.05) is 5.56 Å². The predicted octanol–water partition coefficient (Wildman–Crippen LogP) is 2.58. The highest BCUT2D eigenvalue weighted by Gasteiger charge is 2.01. The SMILES string of the molecule is O=C(Cl)C(=O)Cl.O=C(Cl)c1ccccc1. The molecule has 0 fully saturated rings. The third kappa shape index (κ3) is 7.08. The van der Waals surface area contributed by atoms with Gasteiger partial charge in [0.15, 0.2) is 0 Å². The standard InChI is InChI=1S/C7H5ClO.C2Cl2O2/c8-7(9)6-4-2-1-3-5-6;3-1(5)2(4)6/h1-5H;. The molecule has 0 saturated heterocycles. The Bertz CT molecular complexity index is 350. The van der Waals surface area contributed by atoms with Crippen molar-refractivity contribution in [2.45, 2.75) is 0 Å². The maximum atomic E-state index is 10.4. The van der Waals surface area contributed by atoms with Crippen molar-refractivity contribution >= 4 is 50.5 Å². The molecule has 0 atom stereocenters. The molecule has 3 nitrogen and oxygen atoms in total. The van der Waals surface area contributed by atoms with Crippen molar-refractivity contribution in [2.24, 2.45) is 0 Å². The van der Waals surface area contributed by atoms with E-state index in [1.54, 1.807) is 24.3 Å². The minimum absolute atomic E-state index is 0.407. The Morgan fingerprint density at radius 1 is 0.800 bits per heavy atom. The molecule has 0 bridgehead atoms. The molecule has 0 amide bonds. The molecule has 15 heavy (non-hydrogen) atoms. The number of carbonyl (C=O) groups is 3. The van der Waals surface area contributed by atoms with Gasteiger partial charge in [0.2, 0.25) is 0 Å². The molecule has 1 aromatic carbocycles. The van der Waals surface area contributed by atoms with Crippen LogP contribution in [0.2, 0.25) is 0 Å². The first-order valence-electron chi connectivity index (χ1n) is 3.59. The summed E-state index contributed by atoms with van der Waals surface area (Å²) in [5, 5.41) is -2.69. The summed E-state index contributed by atoms with van der Waals surface area (Å²) in [6.45, 7) is 0. The van der Waals surface area contributed by atoms with Crippen molar-refractivity contribution in [1.29, 1.82) is 0 Å². The molecule has 0 heterocycles. The Kier molecular flexibility index (Phi) is 6.96. The van der Waals surface area contributed by atoms with Crippen LogP contribution in [0.25, 0.3) is 0 Å². The third-order valence-electron chi connectivity index (χ3n) is 1.16. The Morgan fingerprint density at radius 3 is 1.40 bits per heavy atom. The van der Waals surface area contributed by atoms with Crippen molar-refractivity contribution < 1.29 is 14.4 Å². The lowest BCUT2D eigenvalue weighted by atomic mass is 10.2. The zero-order valence-corrected chi connectivity index (χ0v) is 9.51. The van der Waals surface area contributed by atoms with Gasteiger partial charge in [-0.25, -0.2) is 0 Å². The van der Waals surface area contributed by atoms with Crippen LogP contribution in [0.15, 0.2) is 30.3 Å². The predicted molar refractivity (Wildman–Crippen MR) is 58.3 cm³/mol. The van der Waals surface area contributed by atoms with Crippen LogP contribution >= 0.6 is 34.8 Å². The van der Waals surface area contributed by atoms with Crippen molar-refractivity contribution in [3.63, 3.8) is 0 Å². The lowest BCUT2D eigenvalue weighted by molar-refractivity contribution is -0.127. The number of carbonyl (C=O) groups excluding carboxylic acids is 3. The van der Waals surface area contributed by atoms with Gasteiger partial charge in [-0.2, -0.15) is 0 Å². The van der Waals surface area contributed by atoms with Gasteiger partial charge in [-0.3, -0.25) is 14.4 Å². The number of benzene rings is 1. The molecule has 1 aromatic rings. The zero-order valence-electron chi connectivity index (χ0n) is 7.25. The van der Waals surface area contributed by atoms with Crippen LogP contribution in [-0.2, 0) is 9.59 Å². The number of hydrogen-bond acceptors (Lipinski definition) is 3. The van der Waals surface area contributed by atoms with Gasteiger partial charge in [0.1, 0.15) is 0 Å². The number of rotatable bonds is 2. The molecule has 0 aliphatic heterocycles. The summed E-state index contributed by atoms with van der Waals surface area (Å²) in [4.78, 5) is 29.3. The van der Waals surface area contributed by atoms with Crippen LogP contribution in [-0.4, -0.2) is 15.7 Å². The molecule has 0 unspecified atom stereocenters. The first-order valence-corrected chi connectivity index (χ1v) is 4.72. The largest absolute Gasteiger partial charge is 0.304 e. The highest BCUT2D eigenvalue weighted by atomic mass is 35.5. The van der Waals surface area contributed by atoms with Gasteiger partial charge in [0.05, 0.1) is 0 Å². The van der Waals surface area contributed by atoms with E-state index >= 15 is 0 Å². The first kappa shape index (κ1) is 14.1. The summed E-state index contributed by atoms with van der Waals surface area (Å²) in [5.74, 6) is 0. The molecule has 0 N–H and O–H groups in total. The van der Waals surface area contributed by atoms with E-state index in [9.17, 15) is 14.4 Å². The summed E-state index contributed by atoms with van der Waals surface area (Å²) < 4.78 is 0. The first-order chi connectivity index (χ1) is 6.95. The molecule has 0 saturated carbocycles. The molecular weight excluding hydrogens is 262 g/mol. The average molecular weight is 267 g/mol. The topological polar surface area (TPSA) is 51.2 Å². The van der Waals surface area contributed by atoms with Gasteiger partial charge >= 0.3 is 10.5 Å². The van der Waals surface area contributed by atoms with Gasteiger partial charge in [-0.15, -0.1) is 0 Å². The van der Waals surface area contributed by atoms with E-state index in [2.05, 4.69) is 23.2 Å². The normalized spacial score (nSPS) is 8.47. The van der Waals surface area contributed by atoms with E-state index in [4.69, 9.17) is 11.6 Å². The third-order valence-corrected chi connectivity index (χ3v) is 1.81. The fourth-order valence-corrected chi connectivity index (χ4v) is 0.695. The molecule has 0 radical (unpaired) electrons. The van der Waals surface area contributed by atoms with E-state index in [1.807, 2.05) is 6.07 Å². The lowest BCUT2D eigenvalue weighted by Crippen LogP contribution is -1.94. The van der Waals surface area contributed by atoms with Crippen LogP contribution < -0.4 is 0 Å². The highest BCUT2D eigenvalue weighted by Crippen LogP contribution is 2.01. The van der Waals surface area contributed by atoms with E-state index in [0.717, 1.165) is 0 Å². The molecular formula is C9H5Cl3O3. The van der Waals surface area contributed by atoms with Crippen LogP contribution in [0.5, 0.6) is 0 Å². The monoisotopic (exact) mass is 266 g/mol. The summed E-state index contributed by atoms with van der Waals surface area (Å²) in [7, 11) is 0. The molecule has 0 aliphatic carbocycles. The molecule has 0 aromatic heterocycles. The summed E-state index contributed by atoms with van der Waals surface area (Å²) in [6.07, 6.45) is 0. The second kappa shape index (κ2) is 7.40. The smallest absolute Gasteiger partial charge is 0.276 e. The van der Waals surface area contributed by atoms with Crippen LogP contribution in [0.1, 0.15) is 10.4 Å². The van der Waals surface area contributed by atoms with Crippen LogP contribution in [0.4, 0.5) is 0 Å². The van der Waals surface area contributed by atoms with Crippen LogP contribution in [0, 0.1) is 0 Å². The fourth-order valence-electron chi connectivity index (χ4n) is 0.569. The zero-order chi connectivity index (χ0) is 11.8. The van der Waals surface area contributed by atoms with Crippen molar-refractivity contribution in [1.82, 2.24) is 0 Å². The van der Waals surface area contributed by atoms with Crippen LogP contribution in [0.3, 0.4) is 0 Å². The average Bonchev–Trinajstić information content (AvgIpc) is 2.20. The quantitative estimate of drug-likeness (QED) is 0.611. The molecule has 80 valence electrons. The van der Waals surface area contributed by atoms with E-state index in [0.29, 0.717) is 5.56 Å². The molecule has 0 aliphatic rings. The van der Waals surface area contributed by atoms with Crippen molar-refractivity contribution in [2.75, 3.05) is 0 Å². The summed E-state index contributed by atoms with van der Waals surface area (Å²) >= 11 is 14.1. The maximum absolute atomic E-state index is 10.4. The number of hydrogen-bond donors (Lipinski definition) is 0. The van der Waals surface area contributed by atoms with Gasteiger partial charge in [-0.1, -0.05) is 30.3 Å². The maximum Gasteiger partial charge on any atom is 0.304 e. The number of halogens is 3. The molecule has 6 heteroatoms.